The minimum Gasteiger partial charge on any atom is -0.395 e. The first-order valence-corrected chi connectivity index (χ1v) is 7.24. The molecule has 4 nitrogen and oxygen atoms in total. The summed E-state index contributed by atoms with van der Waals surface area (Å²) in [6.45, 7) is 4.32. The molecule has 4 heteroatoms. The number of rotatable bonds is 7. The largest absolute Gasteiger partial charge is 0.395 e. The molecule has 112 valence electrons. The van der Waals surface area contributed by atoms with E-state index < -0.39 is 0 Å². The summed E-state index contributed by atoms with van der Waals surface area (Å²) in [5, 5.41) is 12.5. The van der Waals surface area contributed by atoms with Crippen LogP contribution in [0.3, 0.4) is 0 Å². The van der Waals surface area contributed by atoms with Gasteiger partial charge in [-0.15, -0.1) is 0 Å². The van der Waals surface area contributed by atoms with Gasteiger partial charge in [-0.05, 0) is 36.7 Å². The van der Waals surface area contributed by atoms with Crippen LogP contribution in [0.5, 0.6) is 0 Å². The van der Waals surface area contributed by atoms with Gasteiger partial charge in [0.05, 0.1) is 6.61 Å². The van der Waals surface area contributed by atoms with E-state index in [1.807, 2.05) is 31.4 Å². The fraction of sp³-hybridized carbons (Fsp3) is 0.353. The Morgan fingerprint density at radius 3 is 2.57 bits per heavy atom. The molecule has 21 heavy (non-hydrogen) atoms. The molecule has 1 heterocycles. The van der Waals surface area contributed by atoms with Crippen LogP contribution in [0.15, 0.2) is 42.6 Å². The summed E-state index contributed by atoms with van der Waals surface area (Å²) < 4.78 is 0. The topological polar surface area (TPSA) is 48.4 Å². The van der Waals surface area contributed by atoms with Gasteiger partial charge in [-0.3, -0.25) is 0 Å². The highest BCUT2D eigenvalue weighted by atomic mass is 16.3. The molecular weight excluding hydrogens is 262 g/mol. The lowest BCUT2D eigenvalue weighted by molar-refractivity contribution is 0.301. The molecule has 0 spiro atoms. The maximum atomic E-state index is 9.33. The zero-order chi connectivity index (χ0) is 15.1. The normalized spacial score (nSPS) is 10.6. The highest BCUT2D eigenvalue weighted by Crippen LogP contribution is 2.20. The average molecular weight is 285 g/mol. The number of aryl methyl sites for hydroxylation is 1. The number of anilines is 1. The second kappa shape index (κ2) is 7.76. The molecule has 0 aliphatic rings. The van der Waals surface area contributed by atoms with Gasteiger partial charge in [0.25, 0.3) is 0 Å². The summed E-state index contributed by atoms with van der Waals surface area (Å²) in [5.74, 6) is 0.938. The maximum Gasteiger partial charge on any atom is 0.131 e. The van der Waals surface area contributed by atoms with Crippen molar-refractivity contribution in [3.05, 3.63) is 59.3 Å². The molecule has 2 N–H and O–H groups in total. The molecule has 0 unspecified atom stereocenters. The summed E-state index contributed by atoms with van der Waals surface area (Å²) >= 11 is 0. The molecule has 0 fully saturated rings. The van der Waals surface area contributed by atoms with Crippen LogP contribution >= 0.6 is 0 Å². The van der Waals surface area contributed by atoms with Crippen molar-refractivity contribution >= 4 is 5.82 Å². The lowest BCUT2D eigenvalue weighted by atomic mass is 10.1. The van der Waals surface area contributed by atoms with Gasteiger partial charge in [0.2, 0.25) is 0 Å². The van der Waals surface area contributed by atoms with E-state index in [1.54, 1.807) is 0 Å². The molecule has 1 aromatic carbocycles. The van der Waals surface area contributed by atoms with E-state index in [4.69, 9.17) is 0 Å². The van der Waals surface area contributed by atoms with E-state index in [0.29, 0.717) is 6.54 Å². The molecule has 2 aromatic rings. The molecule has 1 aromatic heterocycles. The van der Waals surface area contributed by atoms with Crippen LogP contribution in [0.2, 0.25) is 0 Å². The van der Waals surface area contributed by atoms with Crippen LogP contribution < -0.4 is 10.2 Å². The lowest BCUT2D eigenvalue weighted by Gasteiger charge is -2.25. The van der Waals surface area contributed by atoms with Crippen molar-refractivity contribution in [2.24, 2.45) is 0 Å². The zero-order valence-electron chi connectivity index (χ0n) is 12.7. The van der Waals surface area contributed by atoms with E-state index in [1.165, 1.54) is 11.1 Å². The molecule has 0 aliphatic heterocycles. The molecule has 0 radical (unpaired) electrons. The summed E-state index contributed by atoms with van der Waals surface area (Å²) in [6, 6.07) is 12.4. The quantitative estimate of drug-likeness (QED) is 0.818. The number of aliphatic hydroxyl groups excluding tert-OH is 1. The van der Waals surface area contributed by atoms with Gasteiger partial charge in [-0.2, -0.15) is 0 Å². The van der Waals surface area contributed by atoms with E-state index in [2.05, 4.69) is 40.3 Å². The van der Waals surface area contributed by atoms with Gasteiger partial charge in [0, 0.05) is 25.8 Å². The predicted molar refractivity (Wildman–Crippen MR) is 86.3 cm³/mol. The van der Waals surface area contributed by atoms with Gasteiger partial charge in [0.1, 0.15) is 5.82 Å². The first-order valence-electron chi connectivity index (χ1n) is 7.24. The van der Waals surface area contributed by atoms with Crippen LogP contribution in [0.1, 0.15) is 16.7 Å². The number of pyridine rings is 1. The molecular formula is C17H23N3O. The fourth-order valence-corrected chi connectivity index (χ4v) is 2.44. The van der Waals surface area contributed by atoms with Crippen LogP contribution in [0.25, 0.3) is 0 Å². The zero-order valence-corrected chi connectivity index (χ0v) is 12.7. The first-order chi connectivity index (χ1) is 10.2. The van der Waals surface area contributed by atoms with E-state index in [9.17, 15) is 5.11 Å². The summed E-state index contributed by atoms with van der Waals surface area (Å²) in [6.07, 6.45) is 1.90. The van der Waals surface area contributed by atoms with Crippen molar-refractivity contribution in [2.45, 2.75) is 20.0 Å². The monoisotopic (exact) mass is 285 g/mol. The predicted octanol–water partition coefficient (Wildman–Crippen LogP) is 2.11. The van der Waals surface area contributed by atoms with Crippen LogP contribution in [0, 0.1) is 6.92 Å². The van der Waals surface area contributed by atoms with Crippen LogP contribution in [-0.4, -0.2) is 30.3 Å². The van der Waals surface area contributed by atoms with E-state index in [0.717, 1.165) is 24.5 Å². The second-order valence-electron chi connectivity index (χ2n) is 5.15. The smallest absolute Gasteiger partial charge is 0.131 e. The minimum absolute atomic E-state index is 0.117. The molecule has 0 saturated heterocycles. The third kappa shape index (κ3) is 4.28. The van der Waals surface area contributed by atoms with Gasteiger partial charge < -0.3 is 15.3 Å². The Balaban J connectivity index is 2.21. The number of hydrogen-bond donors (Lipinski definition) is 2. The minimum atomic E-state index is 0.117. The SMILES string of the molecule is CNCc1cnc(N(CCO)Cc2ccccc2)c(C)c1. The van der Waals surface area contributed by atoms with Crippen molar-refractivity contribution in [2.75, 3.05) is 25.1 Å². The Bertz CT molecular complexity index is 557. The summed E-state index contributed by atoms with van der Waals surface area (Å²) in [4.78, 5) is 6.71. The van der Waals surface area contributed by atoms with Crippen LogP contribution in [-0.2, 0) is 13.1 Å². The Kier molecular flexibility index (Phi) is 5.72. The fourth-order valence-electron chi connectivity index (χ4n) is 2.44. The first kappa shape index (κ1) is 15.5. The van der Waals surface area contributed by atoms with Crippen molar-refractivity contribution in [1.29, 1.82) is 0 Å². The molecule has 0 amide bonds. The van der Waals surface area contributed by atoms with Gasteiger partial charge >= 0.3 is 0 Å². The van der Waals surface area contributed by atoms with Gasteiger partial charge in [0.15, 0.2) is 0 Å². The average Bonchev–Trinajstić information content (AvgIpc) is 2.48. The lowest BCUT2D eigenvalue weighted by Crippen LogP contribution is -2.27. The third-order valence-electron chi connectivity index (χ3n) is 3.37. The van der Waals surface area contributed by atoms with Crippen molar-refractivity contribution < 1.29 is 5.11 Å². The van der Waals surface area contributed by atoms with E-state index >= 15 is 0 Å². The number of benzene rings is 1. The van der Waals surface area contributed by atoms with Crippen LogP contribution in [0.4, 0.5) is 5.82 Å². The Labute approximate surface area is 126 Å². The maximum absolute atomic E-state index is 9.33. The Morgan fingerprint density at radius 1 is 1.19 bits per heavy atom. The van der Waals surface area contributed by atoms with Gasteiger partial charge in [-0.25, -0.2) is 4.98 Å². The van der Waals surface area contributed by atoms with Crippen molar-refractivity contribution in [1.82, 2.24) is 10.3 Å². The molecule has 0 bridgehead atoms. The summed E-state index contributed by atoms with van der Waals surface area (Å²) in [5.41, 5.74) is 3.51. The third-order valence-corrected chi connectivity index (χ3v) is 3.37. The second-order valence-corrected chi connectivity index (χ2v) is 5.15. The number of aliphatic hydroxyl groups is 1. The van der Waals surface area contributed by atoms with Gasteiger partial charge in [-0.1, -0.05) is 30.3 Å². The van der Waals surface area contributed by atoms with Crippen molar-refractivity contribution in [3.8, 4) is 0 Å². The number of hydrogen-bond acceptors (Lipinski definition) is 4. The highest BCUT2D eigenvalue weighted by molar-refractivity contribution is 5.48. The highest BCUT2D eigenvalue weighted by Gasteiger charge is 2.11. The number of nitrogens with one attached hydrogen (secondary N) is 1. The number of aromatic nitrogens is 1. The molecule has 0 saturated carbocycles. The molecule has 0 aliphatic carbocycles. The molecule has 2 rings (SSSR count). The Morgan fingerprint density at radius 2 is 1.95 bits per heavy atom. The van der Waals surface area contributed by atoms with Crippen molar-refractivity contribution in [3.63, 3.8) is 0 Å². The summed E-state index contributed by atoms with van der Waals surface area (Å²) in [7, 11) is 1.93. The van der Waals surface area contributed by atoms with E-state index in [-0.39, 0.29) is 6.61 Å². The standard InChI is InChI=1S/C17H23N3O/c1-14-10-16(11-18-2)12-19-17(14)20(8-9-21)13-15-6-4-3-5-7-15/h3-7,10,12,18,21H,8-9,11,13H2,1-2H3. The Hall–Kier alpha value is -1.91. The molecule has 0 atom stereocenters. The number of nitrogens with zero attached hydrogens (tertiary/aromatic N) is 2.